The second-order valence-corrected chi connectivity index (χ2v) is 6.31. The number of hydrogen-bond acceptors (Lipinski definition) is 5. The summed E-state index contributed by atoms with van der Waals surface area (Å²) in [5.74, 6) is -0.209. The number of aromatic hydroxyl groups is 1. The zero-order valence-electron chi connectivity index (χ0n) is 14.9. The first-order valence-electron chi connectivity index (χ1n) is 8.81. The molecule has 0 saturated carbocycles. The molecule has 4 aromatic rings. The van der Waals surface area contributed by atoms with Crippen LogP contribution >= 0.6 is 0 Å². The molecule has 140 valence electrons. The lowest BCUT2D eigenvalue weighted by Gasteiger charge is -2.05. The highest BCUT2D eigenvalue weighted by Crippen LogP contribution is 2.24. The van der Waals surface area contributed by atoms with Crippen LogP contribution in [0.15, 0.2) is 66.7 Å². The summed E-state index contributed by atoms with van der Waals surface area (Å²) in [6, 6.07) is 19.3. The molecule has 3 aromatic carbocycles. The van der Waals surface area contributed by atoms with Gasteiger partial charge in [-0.1, -0.05) is 24.3 Å². The number of carbonyl (C=O) groups is 1. The van der Waals surface area contributed by atoms with Gasteiger partial charge in [-0.2, -0.15) is 0 Å². The van der Waals surface area contributed by atoms with Crippen LogP contribution in [-0.2, 0) is 6.42 Å². The summed E-state index contributed by atoms with van der Waals surface area (Å²) < 4.78 is 0. The molecular formula is C21H18N4O3. The molecule has 4 rings (SSSR count). The van der Waals surface area contributed by atoms with E-state index < -0.39 is 0 Å². The number of hydrogen-bond donors (Lipinski definition) is 3. The number of aliphatic hydroxyl groups is 1. The first-order valence-corrected chi connectivity index (χ1v) is 8.81. The van der Waals surface area contributed by atoms with Crippen molar-refractivity contribution >= 4 is 22.6 Å². The maximum atomic E-state index is 12.5. The Labute approximate surface area is 160 Å². The Morgan fingerprint density at radius 1 is 0.964 bits per heavy atom. The van der Waals surface area contributed by atoms with E-state index in [2.05, 4.69) is 15.5 Å². The van der Waals surface area contributed by atoms with E-state index in [0.717, 1.165) is 5.56 Å². The average Bonchev–Trinajstić information content (AvgIpc) is 3.13. The molecule has 1 heterocycles. The molecule has 3 N–H and O–H groups in total. The van der Waals surface area contributed by atoms with Gasteiger partial charge in [0.05, 0.1) is 0 Å². The number of nitrogens with zero attached hydrogens (tertiary/aromatic N) is 3. The number of anilines is 1. The maximum absolute atomic E-state index is 12.5. The van der Waals surface area contributed by atoms with Crippen LogP contribution in [0.25, 0.3) is 16.7 Å². The third kappa shape index (κ3) is 3.56. The molecule has 7 nitrogen and oxygen atoms in total. The Morgan fingerprint density at radius 3 is 2.54 bits per heavy atom. The van der Waals surface area contributed by atoms with Gasteiger partial charge >= 0.3 is 0 Å². The zero-order chi connectivity index (χ0) is 19.5. The Kier molecular flexibility index (Phi) is 4.74. The van der Waals surface area contributed by atoms with Crippen molar-refractivity contribution in [1.29, 1.82) is 0 Å². The van der Waals surface area contributed by atoms with Gasteiger partial charge in [0.1, 0.15) is 22.5 Å². The monoisotopic (exact) mass is 374 g/mol. The molecule has 28 heavy (non-hydrogen) atoms. The van der Waals surface area contributed by atoms with Crippen molar-refractivity contribution in [2.24, 2.45) is 0 Å². The van der Waals surface area contributed by atoms with Crippen LogP contribution in [0.5, 0.6) is 5.75 Å². The van der Waals surface area contributed by atoms with Gasteiger partial charge < -0.3 is 15.5 Å². The lowest BCUT2D eigenvalue weighted by atomic mass is 10.1. The molecule has 0 radical (unpaired) electrons. The number of phenolic OH excluding ortho intramolecular Hbond substituents is 1. The van der Waals surface area contributed by atoms with E-state index in [1.54, 1.807) is 36.4 Å². The first kappa shape index (κ1) is 17.7. The third-order valence-electron chi connectivity index (χ3n) is 4.33. The number of aliphatic hydroxyl groups excluding tert-OH is 1. The van der Waals surface area contributed by atoms with E-state index in [0.29, 0.717) is 34.4 Å². The number of nitrogens with one attached hydrogen (secondary N) is 1. The van der Waals surface area contributed by atoms with Gasteiger partial charge in [-0.15, -0.1) is 15.0 Å². The van der Waals surface area contributed by atoms with Crippen LogP contribution in [0.2, 0.25) is 0 Å². The minimum absolute atomic E-state index is 0.0125. The summed E-state index contributed by atoms with van der Waals surface area (Å²) in [6.45, 7) is 0.0125. The van der Waals surface area contributed by atoms with Crippen LogP contribution in [0.3, 0.4) is 0 Å². The van der Waals surface area contributed by atoms with Crippen molar-refractivity contribution in [3.05, 3.63) is 77.9 Å². The van der Waals surface area contributed by atoms with E-state index in [4.69, 9.17) is 5.11 Å². The molecule has 0 saturated heterocycles. The summed E-state index contributed by atoms with van der Waals surface area (Å²) in [5, 5.41) is 30.9. The van der Waals surface area contributed by atoms with Crippen LogP contribution in [-0.4, -0.2) is 37.7 Å². The van der Waals surface area contributed by atoms with Crippen LogP contribution in [0.4, 0.5) is 5.69 Å². The lowest BCUT2D eigenvalue weighted by molar-refractivity contribution is 0.102. The summed E-state index contributed by atoms with van der Waals surface area (Å²) in [6.07, 6.45) is 0.470. The molecule has 0 aliphatic heterocycles. The molecule has 0 bridgehead atoms. The number of para-hydroxylation sites is 1. The third-order valence-corrected chi connectivity index (χ3v) is 4.33. The van der Waals surface area contributed by atoms with Gasteiger partial charge in [-0.3, -0.25) is 4.79 Å². The lowest BCUT2D eigenvalue weighted by Crippen LogP contribution is -2.11. The summed E-state index contributed by atoms with van der Waals surface area (Å²) in [4.78, 5) is 13.8. The Bertz CT molecular complexity index is 1140. The summed E-state index contributed by atoms with van der Waals surface area (Å²) in [7, 11) is 0. The van der Waals surface area contributed by atoms with E-state index in [1.807, 2.05) is 30.3 Å². The number of rotatable bonds is 5. The average molecular weight is 374 g/mol. The second kappa shape index (κ2) is 7.50. The van der Waals surface area contributed by atoms with E-state index in [9.17, 15) is 9.90 Å². The quantitative estimate of drug-likeness (QED) is 0.499. The fourth-order valence-corrected chi connectivity index (χ4v) is 2.90. The SMILES string of the molecule is O=C(Nc1ccccc1)c1ccc2nn(-c3cc(CCO)ccc3O)nc2c1. The van der Waals surface area contributed by atoms with E-state index in [1.165, 1.54) is 4.80 Å². The topological polar surface area (TPSA) is 100 Å². The van der Waals surface area contributed by atoms with Crippen molar-refractivity contribution < 1.29 is 15.0 Å². The van der Waals surface area contributed by atoms with Gasteiger partial charge in [0.15, 0.2) is 0 Å². The highest BCUT2D eigenvalue weighted by Gasteiger charge is 2.13. The molecule has 0 aliphatic rings. The predicted octanol–water partition coefficient (Wildman–Crippen LogP) is 2.91. The summed E-state index contributed by atoms with van der Waals surface area (Å²) in [5.41, 5.74) is 3.58. The van der Waals surface area contributed by atoms with Crippen LogP contribution in [0.1, 0.15) is 15.9 Å². The molecule has 0 aliphatic carbocycles. The normalized spacial score (nSPS) is 10.9. The van der Waals surface area contributed by atoms with Crippen LogP contribution in [0, 0.1) is 0 Å². The molecule has 7 heteroatoms. The number of aromatic nitrogens is 3. The number of fused-ring (bicyclic) bond motifs is 1. The molecule has 0 unspecified atom stereocenters. The minimum atomic E-state index is -0.240. The largest absolute Gasteiger partial charge is 0.506 e. The summed E-state index contributed by atoms with van der Waals surface area (Å²) >= 11 is 0. The number of carbonyl (C=O) groups excluding carboxylic acids is 1. The van der Waals surface area contributed by atoms with Crippen molar-refractivity contribution in [3.63, 3.8) is 0 Å². The molecular weight excluding hydrogens is 356 g/mol. The highest BCUT2D eigenvalue weighted by atomic mass is 16.3. The second-order valence-electron chi connectivity index (χ2n) is 6.31. The molecule has 1 amide bonds. The van der Waals surface area contributed by atoms with Crippen LogP contribution < -0.4 is 5.32 Å². The fraction of sp³-hybridized carbons (Fsp3) is 0.0952. The smallest absolute Gasteiger partial charge is 0.255 e. The number of phenols is 1. The van der Waals surface area contributed by atoms with Gasteiger partial charge in [0.25, 0.3) is 5.91 Å². The minimum Gasteiger partial charge on any atom is -0.506 e. The van der Waals surface area contributed by atoms with Crippen molar-refractivity contribution in [2.75, 3.05) is 11.9 Å². The predicted molar refractivity (Wildman–Crippen MR) is 106 cm³/mol. The van der Waals surface area contributed by atoms with E-state index in [-0.39, 0.29) is 18.3 Å². The molecule has 1 aromatic heterocycles. The molecule has 0 fully saturated rings. The zero-order valence-corrected chi connectivity index (χ0v) is 14.9. The Hall–Kier alpha value is -3.71. The van der Waals surface area contributed by atoms with Gasteiger partial charge in [0, 0.05) is 17.9 Å². The Balaban J connectivity index is 1.65. The maximum Gasteiger partial charge on any atom is 0.255 e. The Morgan fingerprint density at radius 2 is 1.75 bits per heavy atom. The van der Waals surface area contributed by atoms with Crippen molar-refractivity contribution in [2.45, 2.75) is 6.42 Å². The number of amides is 1. The van der Waals surface area contributed by atoms with Crippen molar-refractivity contribution in [3.8, 4) is 11.4 Å². The van der Waals surface area contributed by atoms with E-state index >= 15 is 0 Å². The van der Waals surface area contributed by atoms with Crippen molar-refractivity contribution in [1.82, 2.24) is 15.0 Å². The van der Waals surface area contributed by atoms with Gasteiger partial charge in [-0.25, -0.2) is 0 Å². The number of benzene rings is 3. The molecule has 0 atom stereocenters. The highest BCUT2D eigenvalue weighted by molar-refractivity contribution is 6.05. The van der Waals surface area contributed by atoms with Gasteiger partial charge in [-0.05, 0) is 54.4 Å². The molecule has 0 spiro atoms. The fourth-order valence-electron chi connectivity index (χ4n) is 2.90. The first-order chi connectivity index (χ1) is 13.6. The van der Waals surface area contributed by atoms with Gasteiger partial charge in [0.2, 0.25) is 0 Å². The standard InChI is InChI=1S/C21H18N4O3/c26-11-10-14-6-9-20(27)19(12-14)25-23-17-8-7-15(13-18(17)24-25)21(28)22-16-4-2-1-3-5-16/h1-9,12-13,26-27H,10-11H2,(H,22,28).